The van der Waals surface area contributed by atoms with Crippen molar-refractivity contribution in [2.24, 2.45) is 5.92 Å². The third-order valence-corrected chi connectivity index (χ3v) is 3.25. The van der Waals surface area contributed by atoms with Gasteiger partial charge in [0.25, 0.3) is 0 Å². The molecular weight excluding hydrogens is 192 g/mol. The molecule has 1 saturated carbocycles. The molecular formula is C11H18N2O2. The molecule has 0 atom stereocenters. The highest BCUT2D eigenvalue weighted by Crippen LogP contribution is 2.26. The molecule has 2 rings (SSSR count). The summed E-state index contributed by atoms with van der Waals surface area (Å²) >= 11 is 0. The minimum Gasteiger partial charge on any atom is -0.493 e. The Morgan fingerprint density at radius 3 is 2.33 bits per heavy atom. The molecule has 1 heterocycles. The predicted molar refractivity (Wildman–Crippen MR) is 58.0 cm³/mol. The number of hydrogen-bond donors (Lipinski definition) is 3. The fourth-order valence-electron chi connectivity index (χ4n) is 2.41. The Bertz CT molecular complexity index is 359. The minimum absolute atomic E-state index is 0.0178. The second-order valence-electron chi connectivity index (χ2n) is 4.47. The zero-order chi connectivity index (χ0) is 10.7. The molecule has 0 spiro atoms. The summed E-state index contributed by atoms with van der Waals surface area (Å²) in [5.41, 5.74) is 0.364. The molecule has 0 amide bonds. The average molecular weight is 210 g/mol. The smallest absolute Gasteiger partial charge is 0.325 e. The van der Waals surface area contributed by atoms with Gasteiger partial charge in [-0.05, 0) is 12.3 Å². The van der Waals surface area contributed by atoms with Crippen molar-refractivity contribution in [3.8, 4) is 5.88 Å². The zero-order valence-corrected chi connectivity index (χ0v) is 8.88. The maximum Gasteiger partial charge on any atom is 0.325 e. The van der Waals surface area contributed by atoms with E-state index in [-0.39, 0.29) is 11.6 Å². The SMILES string of the molecule is O=c1[nH]c(O)c(CC2CCCCCC2)[nH]1. The zero-order valence-electron chi connectivity index (χ0n) is 8.88. The van der Waals surface area contributed by atoms with Crippen molar-refractivity contribution in [1.82, 2.24) is 9.97 Å². The van der Waals surface area contributed by atoms with E-state index in [0.717, 1.165) is 6.42 Å². The normalized spacial score (nSPS) is 18.9. The number of aromatic hydroxyl groups is 1. The van der Waals surface area contributed by atoms with Crippen molar-refractivity contribution >= 4 is 0 Å². The lowest BCUT2D eigenvalue weighted by molar-refractivity contribution is 0.419. The van der Waals surface area contributed by atoms with E-state index in [0.29, 0.717) is 11.6 Å². The quantitative estimate of drug-likeness (QED) is 0.653. The molecule has 4 nitrogen and oxygen atoms in total. The molecule has 0 radical (unpaired) electrons. The van der Waals surface area contributed by atoms with E-state index in [9.17, 15) is 9.90 Å². The first kappa shape index (κ1) is 10.3. The van der Waals surface area contributed by atoms with Gasteiger partial charge in [-0.25, -0.2) is 4.79 Å². The maximum absolute atomic E-state index is 10.9. The number of nitrogens with one attached hydrogen (secondary N) is 2. The molecule has 3 N–H and O–H groups in total. The van der Waals surface area contributed by atoms with Crippen molar-refractivity contribution in [1.29, 1.82) is 0 Å². The molecule has 15 heavy (non-hydrogen) atoms. The van der Waals surface area contributed by atoms with Gasteiger partial charge in [-0.3, -0.25) is 4.98 Å². The first-order chi connectivity index (χ1) is 7.25. The summed E-state index contributed by atoms with van der Waals surface area (Å²) in [5.74, 6) is 0.633. The second kappa shape index (κ2) is 4.55. The Hall–Kier alpha value is -1.19. The van der Waals surface area contributed by atoms with Crippen LogP contribution in [0.25, 0.3) is 0 Å². The average Bonchev–Trinajstić information content (AvgIpc) is 2.44. The van der Waals surface area contributed by atoms with E-state index in [1.54, 1.807) is 0 Å². The van der Waals surface area contributed by atoms with Crippen LogP contribution in [0.15, 0.2) is 4.79 Å². The van der Waals surface area contributed by atoms with Gasteiger partial charge in [0.1, 0.15) is 0 Å². The summed E-state index contributed by atoms with van der Waals surface area (Å²) < 4.78 is 0. The van der Waals surface area contributed by atoms with Crippen LogP contribution < -0.4 is 5.69 Å². The van der Waals surface area contributed by atoms with Crippen molar-refractivity contribution in [2.45, 2.75) is 44.9 Å². The van der Waals surface area contributed by atoms with Crippen LogP contribution in [0.2, 0.25) is 0 Å². The van der Waals surface area contributed by atoms with Gasteiger partial charge < -0.3 is 10.1 Å². The van der Waals surface area contributed by atoms with E-state index in [1.165, 1.54) is 38.5 Å². The fourth-order valence-corrected chi connectivity index (χ4v) is 2.41. The summed E-state index contributed by atoms with van der Waals surface area (Å²) in [6.45, 7) is 0. The maximum atomic E-state index is 10.9. The van der Waals surface area contributed by atoms with Crippen LogP contribution in [0, 0.1) is 5.92 Å². The van der Waals surface area contributed by atoms with Gasteiger partial charge in [0.05, 0.1) is 5.69 Å². The monoisotopic (exact) mass is 210 g/mol. The summed E-state index contributed by atoms with van der Waals surface area (Å²) in [5, 5.41) is 9.45. The highest BCUT2D eigenvalue weighted by atomic mass is 16.3. The van der Waals surface area contributed by atoms with Gasteiger partial charge in [0, 0.05) is 0 Å². The van der Waals surface area contributed by atoms with E-state index in [2.05, 4.69) is 9.97 Å². The lowest BCUT2D eigenvalue weighted by Crippen LogP contribution is -2.06. The lowest BCUT2D eigenvalue weighted by atomic mass is 9.95. The summed E-state index contributed by atoms with van der Waals surface area (Å²) in [4.78, 5) is 16.0. The molecule has 1 aliphatic carbocycles. The first-order valence-electron chi connectivity index (χ1n) is 5.76. The Labute approximate surface area is 88.7 Å². The second-order valence-corrected chi connectivity index (χ2v) is 4.47. The van der Waals surface area contributed by atoms with Crippen molar-refractivity contribution in [3.63, 3.8) is 0 Å². The number of aromatic amines is 2. The van der Waals surface area contributed by atoms with Gasteiger partial charge >= 0.3 is 5.69 Å². The van der Waals surface area contributed by atoms with Crippen LogP contribution in [0.3, 0.4) is 0 Å². The Balaban J connectivity index is 2.00. The summed E-state index contributed by atoms with van der Waals surface area (Å²) in [7, 11) is 0. The Morgan fingerprint density at radius 2 is 1.80 bits per heavy atom. The molecule has 1 aromatic rings. The number of aromatic nitrogens is 2. The minimum atomic E-state index is -0.309. The van der Waals surface area contributed by atoms with Crippen LogP contribution in [0.5, 0.6) is 5.88 Å². The lowest BCUT2D eigenvalue weighted by Gasteiger charge is -2.12. The van der Waals surface area contributed by atoms with Crippen LogP contribution in [-0.4, -0.2) is 15.1 Å². The molecule has 0 aliphatic heterocycles. The van der Waals surface area contributed by atoms with E-state index in [4.69, 9.17) is 0 Å². The standard InChI is InChI=1S/C11H18N2O2/c14-10-9(12-11(15)13-10)7-8-5-3-1-2-4-6-8/h8,14H,1-7H2,(H2,12,13,15). The Kier molecular flexibility index (Phi) is 3.14. The largest absolute Gasteiger partial charge is 0.493 e. The first-order valence-corrected chi connectivity index (χ1v) is 5.76. The molecule has 0 bridgehead atoms. The van der Waals surface area contributed by atoms with Crippen molar-refractivity contribution < 1.29 is 5.11 Å². The van der Waals surface area contributed by atoms with Gasteiger partial charge in [-0.2, -0.15) is 0 Å². The van der Waals surface area contributed by atoms with Gasteiger partial charge in [-0.15, -0.1) is 0 Å². The van der Waals surface area contributed by atoms with E-state index >= 15 is 0 Å². The molecule has 1 aromatic heterocycles. The molecule has 0 unspecified atom stereocenters. The highest BCUT2D eigenvalue weighted by molar-refractivity contribution is 5.16. The third kappa shape index (κ3) is 2.64. The number of imidazole rings is 1. The summed E-state index contributed by atoms with van der Waals surface area (Å²) in [6.07, 6.45) is 8.43. The fraction of sp³-hybridized carbons (Fsp3) is 0.727. The van der Waals surface area contributed by atoms with Crippen LogP contribution >= 0.6 is 0 Å². The molecule has 0 saturated heterocycles. The van der Waals surface area contributed by atoms with Gasteiger partial charge in [0.2, 0.25) is 5.88 Å². The van der Waals surface area contributed by atoms with E-state index < -0.39 is 0 Å². The van der Waals surface area contributed by atoms with E-state index in [1.807, 2.05) is 0 Å². The van der Waals surface area contributed by atoms with Crippen molar-refractivity contribution in [2.75, 3.05) is 0 Å². The van der Waals surface area contributed by atoms with Crippen LogP contribution in [0.4, 0.5) is 0 Å². The molecule has 0 aromatic carbocycles. The predicted octanol–water partition coefficient (Wildman–Crippen LogP) is 1.92. The molecule has 1 aliphatic rings. The van der Waals surface area contributed by atoms with Crippen LogP contribution in [-0.2, 0) is 6.42 Å². The molecule has 84 valence electrons. The number of hydrogen-bond acceptors (Lipinski definition) is 2. The topological polar surface area (TPSA) is 68.9 Å². The third-order valence-electron chi connectivity index (χ3n) is 3.25. The van der Waals surface area contributed by atoms with Gasteiger partial charge in [0.15, 0.2) is 0 Å². The number of rotatable bonds is 2. The Morgan fingerprint density at radius 1 is 1.13 bits per heavy atom. The van der Waals surface area contributed by atoms with Crippen LogP contribution in [0.1, 0.15) is 44.2 Å². The van der Waals surface area contributed by atoms with Crippen molar-refractivity contribution in [3.05, 3.63) is 16.2 Å². The molecule has 4 heteroatoms. The number of H-pyrrole nitrogens is 2. The van der Waals surface area contributed by atoms with Gasteiger partial charge in [-0.1, -0.05) is 38.5 Å². The molecule has 1 fully saturated rings. The highest BCUT2D eigenvalue weighted by Gasteiger charge is 2.16. The summed E-state index contributed by atoms with van der Waals surface area (Å²) in [6, 6.07) is 0.